The maximum Gasteiger partial charge on any atom is 0.434 e. The largest absolute Gasteiger partial charge is 0.448 e. The van der Waals surface area contributed by atoms with Gasteiger partial charge in [-0.2, -0.15) is 18.3 Å². The van der Waals surface area contributed by atoms with Crippen LogP contribution in [0.1, 0.15) is 41.7 Å². The molecule has 1 amide bonds. The minimum Gasteiger partial charge on any atom is -0.448 e. The average molecular weight is 464 g/mol. The molecule has 0 unspecified atom stereocenters. The van der Waals surface area contributed by atoms with Gasteiger partial charge in [-0.25, -0.2) is 4.68 Å². The lowest BCUT2D eigenvalue weighted by Crippen LogP contribution is -2.34. The molecule has 1 aromatic heterocycles. The summed E-state index contributed by atoms with van der Waals surface area (Å²) >= 11 is 5.82. The lowest BCUT2D eigenvalue weighted by Gasteiger charge is -2.21. The molecule has 2 heterocycles. The van der Waals surface area contributed by atoms with Gasteiger partial charge in [0, 0.05) is 29.6 Å². The van der Waals surface area contributed by atoms with Crippen LogP contribution in [-0.2, 0) is 6.18 Å². The Hall–Kier alpha value is -3.20. The number of hydrogen-bond acceptors (Lipinski definition) is 4. The lowest BCUT2D eigenvalue weighted by atomic mass is 10.2. The first-order chi connectivity index (χ1) is 15.2. The van der Waals surface area contributed by atoms with Gasteiger partial charge in [-0.15, -0.1) is 0 Å². The quantitative estimate of drug-likeness (QED) is 0.530. The fourth-order valence-corrected chi connectivity index (χ4v) is 4.18. The van der Waals surface area contributed by atoms with Crippen LogP contribution < -0.4 is 14.8 Å². The molecule has 1 spiro atoms. The fraction of sp³-hybridized carbons (Fsp3) is 0.273. The number of carbonyl (C=O) groups is 1. The number of carbonyl (C=O) groups excluding carboxylic acids is 1. The molecule has 1 aliphatic heterocycles. The van der Waals surface area contributed by atoms with Gasteiger partial charge in [0.15, 0.2) is 17.2 Å². The summed E-state index contributed by atoms with van der Waals surface area (Å²) in [6.07, 6.45) is -0.394. The Morgan fingerprint density at radius 3 is 2.44 bits per heavy atom. The highest BCUT2D eigenvalue weighted by Crippen LogP contribution is 2.47. The molecule has 5 rings (SSSR count). The zero-order valence-corrected chi connectivity index (χ0v) is 17.3. The Morgan fingerprint density at radius 2 is 1.75 bits per heavy atom. The van der Waals surface area contributed by atoms with Crippen molar-refractivity contribution in [2.24, 2.45) is 0 Å². The minimum absolute atomic E-state index is 0.130. The summed E-state index contributed by atoms with van der Waals surface area (Å²) in [6.45, 7) is 0. The van der Waals surface area contributed by atoms with Gasteiger partial charge in [0.25, 0.3) is 11.7 Å². The van der Waals surface area contributed by atoms with E-state index in [0.29, 0.717) is 26.9 Å². The molecule has 0 saturated heterocycles. The number of nitrogens with zero attached hydrogens (tertiary/aromatic N) is 2. The van der Waals surface area contributed by atoms with Gasteiger partial charge in [0.05, 0.1) is 17.4 Å². The van der Waals surface area contributed by atoms with Crippen molar-refractivity contribution in [3.05, 3.63) is 64.9 Å². The first kappa shape index (κ1) is 20.7. The van der Waals surface area contributed by atoms with Crippen molar-refractivity contribution in [3.8, 4) is 17.2 Å². The maximum atomic E-state index is 13.9. The number of ether oxygens (including phenoxy) is 2. The Morgan fingerprint density at radius 1 is 1.06 bits per heavy atom. The molecule has 1 saturated carbocycles. The topological polar surface area (TPSA) is 65.4 Å². The molecule has 1 aliphatic carbocycles. The summed E-state index contributed by atoms with van der Waals surface area (Å²) in [4.78, 5) is 12.8. The highest BCUT2D eigenvalue weighted by Gasteiger charge is 2.44. The third-order valence-electron chi connectivity index (χ3n) is 5.51. The number of hydrogen-bond donors (Lipinski definition) is 1. The van der Waals surface area contributed by atoms with Crippen molar-refractivity contribution in [2.45, 2.75) is 37.6 Å². The second-order valence-corrected chi connectivity index (χ2v) is 8.17. The van der Waals surface area contributed by atoms with Gasteiger partial charge in [0.2, 0.25) is 0 Å². The van der Waals surface area contributed by atoms with E-state index in [1.807, 2.05) is 0 Å². The number of aromatic nitrogens is 2. The molecular formula is C22H17ClF3N3O3. The maximum absolute atomic E-state index is 13.9. The monoisotopic (exact) mass is 463 g/mol. The summed E-state index contributed by atoms with van der Waals surface area (Å²) < 4.78 is 54.1. The fourth-order valence-electron chi connectivity index (χ4n) is 4.05. The van der Waals surface area contributed by atoms with Crippen molar-refractivity contribution in [1.82, 2.24) is 9.78 Å². The molecule has 32 heavy (non-hydrogen) atoms. The van der Waals surface area contributed by atoms with Crippen LogP contribution in [0.2, 0.25) is 5.02 Å². The molecule has 2 aromatic carbocycles. The van der Waals surface area contributed by atoms with Gasteiger partial charge in [-0.05, 0) is 49.2 Å². The first-order valence-electron chi connectivity index (χ1n) is 9.99. The number of amides is 1. The van der Waals surface area contributed by atoms with Gasteiger partial charge >= 0.3 is 6.18 Å². The van der Waals surface area contributed by atoms with Crippen LogP contribution in [-0.4, -0.2) is 21.5 Å². The van der Waals surface area contributed by atoms with Crippen molar-refractivity contribution in [2.75, 3.05) is 5.32 Å². The molecule has 0 atom stereocenters. The molecule has 10 heteroatoms. The smallest absolute Gasteiger partial charge is 0.434 e. The summed E-state index contributed by atoms with van der Waals surface area (Å²) in [7, 11) is 0. The molecule has 6 nitrogen and oxygen atoms in total. The molecule has 3 aromatic rings. The van der Waals surface area contributed by atoms with Crippen LogP contribution in [0.3, 0.4) is 0 Å². The van der Waals surface area contributed by atoms with Crippen molar-refractivity contribution in [1.29, 1.82) is 0 Å². The molecule has 166 valence electrons. The van der Waals surface area contributed by atoms with E-state index in [9.17, 15) is 18.0 Å². The average Bonchev–Trinajstić information content (AvgIpc) is 3.46. The van der Waals surface area contributed by atoms with Crippen LogP contribution in [0, 0.1) is 0 Å². The molecule has 0 radical (unpaired) electrons. The van der Waals surface area contributed by atoms with E-state index in [4.69, 9.17) is 21.1 Å². The van der Waals surface area contributed by atoms with Crippen LogP contribution >= 0.6 is 11.6 Å². The molecule has 2 aliphatic rings. The van der Waals surface area contributed by atoms with Crippen LogP contribution in [0.25, 0.3) is 5.69 Å². The van der Waals surface area contributed by atoms with E-state index in [-0.39, 0.29) is 5.69 Å². The third kappa shape index (κ3) is 3.66. The minimum atomic E-state index is -4.81. The SMILES string of the molecule is O=C(Nc1ccc2c(c1)OC1(CCCC1)O2)c1cnn(-c2ccc(Cl)cc2)c1C(F)(F)F. The van der Waals surface area contributed by atoms with Crippen molar-refractivity contribution >= 4 is 23.2 Å². The normalized spacial score (nSPS) is 16.5. The van der Waals surface area contributed by atoms with E-state index in [1.165, 1.54) is 24.3 Å². The second kappa shape index (κ2) is 7.44. The second-order valence-electron chi connectivity index (χ2n) is 7.73. The Labute approximate surface area is 185 Å². The zero-order valence-electron chi connectivity index (χ0n) is 16.6. The van der Waals surface area contributed by atoms with Crippen LogP contribution in [0.5, 0.6) is 11.5 Å². The Bertz CT molecular complexity index is 1190. The Kier molecular flexibility index (Phi) is 4.81. The number of fused-ring (bicyclic) bond motifs is 1. The number of rotatable bonds is 3. The van der Waals surface area contributed by atoms with E-state index in [0.717, 1.165) is 31.9 Å². The number of alkyl halides is 3. The van der Waals surface area contributed by atoms with Gasteiger partial charge < -0.3 is 14.8 Å². The summed E-state index contributed by atoms with van der Waals surface area (Å²) in [6, 6.07) is 10.4. The van der Waals surface area contributed by atoms with E-state index < -0.39 is 29.1 Å². The third-order valence-corrected chi connectivity index (χ3v) is 5.76. The number of nitrogens with one attached hydrogen (secondary N) is 1. The van der Waals surface area contributed by atoms with Crippen LogP contribution in [0.4, 0.5) is 18.9 Å². The van der Waals surface area contributed by atoms with Crippen molar-refractivity contribution in [3.63, 3.8) is 0 Å². The predicted octanol–water partition coefficient (Wildman–Crippen LogP) is 5.84. The predicted molar refractivity (Wildman–Crippen MR) is 110 cm³/mol. The first-order valence-corrected chi connectivity index (χ1v) is 10.4. The lowest BCUT2D eigenvalue weighted by molar-refractivity contribution is -0.143. The van der Waals surface area contributed by atoms with Gasteiger partial charge in [-0.3, -0.25) is 4.79 Å². The van der Waals surface area contributed by atoms with Gasteiger partial charge in [0.1, 0.15) is 0 Å². The van der Waals surface area contributed by atoms with E-state index >= 15 is 0 Å². The molecule has 1 fully saturated rings. The summed E-state index contributed by atoms with van der Waals surface area (Å²) in [5.74, 6) is -0.602. The zero-order chi connectivity index (χ0) is 22.5. The molecule has 0 bridgehead atoms. The summed E-state index contributed by atoms with van der Waals surface area (Å²) in [5.41, 5.74) is -1.36. The number of anilines is 1. The molecule has 1 N–H and O–H groups in total. The van der Waals surface area contributed by atoms with E-state index in [2.05, 4.69) is 10.4 Å². The van der Waals surface area contributed by atoms with Crippen molar-refractivity contribution < 1.29 is 27.4 Å². The highest BCUT2D eigenvalue weighted by atomic mass is 35.5. The highest BCUT2D eigenvalue weighted by molar-refractivity contribution is 6.30. The van der Waals surface area contributed by atoms with Gasteiger partial charge in [-0.1, -0.05) is 11.6 Å². The Balaban J connectivity index is 1.43. The summed E-state index contributed by atoms with van der Waals surface area (Å²) in [5, 5.41) is 6.67. The van der Waals surface area contributed by atoms with E-state index in [1.54, 1.807) is 18.2 Å². The standard InChI is InChI=1S/C22H17ClF3N3O3/c23-13-3-6-15(7-4-13)29-19(22(24,25)26)16(12-27-29)20(30)28-14-5-8-17-18(11-14)32-21(31-17)9-1-2-10-21/h3-8,11-12H,1-2,9-10H2,(H,28,30). The number of halogens is 4. The molecular weight excluding hydrogens is 447 g/mol. The number of benzene rings is 2. The van der Waals surface area contributed by atoms with Crippen LogP contribution in [0.15, 0.2) is 48.7 Å².